The summed E-state index contributed by atoms with van der Waals surface area (Å²) >= 11 is 0. The molecule has 46 heavy (non-hydrogen) atoms. The van der Waals surface area contributed by atoms with Crippen LogP contribution in [0.15, 0.2) is 48.7 Å². The van der Waals surface area contributed by atoms with Crippen molar-refractivity contribution in [3.63, 3.8) is 0 Å². The van der Waals surface area contributed by atoms with E-state index >= 15 is 0 Å². The first-order valence-corrected chi connectivity index (χ1v) is 16.1. The van der Waals surface area contributed by atoms with E-state index in [1.807, 2.05) is 114 Å². The van der Waals surface area contributed by atoms with Crippen LogP contribution in [0.2, 0.25) is 0 Å². The maximum Gasteiger partial charge on any atom is 0.0372 e. The fraction of sp³-hybridized carbons (Fsp3) is 0.732. The summed E-state index contributed by atoms with van der Waals surface area (Å²) in [4.78, 5) is 4.16. The van der Waals surface area contributed by atoms with Gasteiger partial charge in [-0.05, 0) is 77.6 Å². The van der Waals surface area contributed by atoms with Crippen molar-refractivity contribution in [1.29, 1.82) is 0 Å². The molecule has 2 atom stereocenters. The molecule has 1 aliphatic rings. The molecule has 1 aliphatic carbocycles. The maximum absolute atomic E-state index is 4.16. The Morgan fingerprint density at radius 3 is 1.37 bits per heavy atom. The Morgan fingerprint density at radius 2 is 1.07 bits per heavy atom. The van der Waals surface area contributed by atoms with E-state index in [4.69, 9.17) is 0 Å². The lowest BCUT2D eigenvalue weighted by atomic mass is 9.87. The molecule has 3 rings (SSSR count). The second-order valence-electron chi connectivity index (χ2n) is 8.32. The third-order valence-electron chi connectivity index (χ3n) is 5.28. The van der Waals surface area contributed by atoms with Gasteiger partial charge < -0.3 is 21.3 Å². The Labute approximate surface area is 297 Å². The highest BCUT2D eigenvalue weighted by atomic mass is 14.9. The molecule has 286 valence electrons. The summed E-state index contributed by atoms with van der Waals surface area (Å²) in [5.41, 5.74) is 3.63. The van der Waals surface area contributed by atoms with Crippen LogP contribution in [0.5, 0.6) is 0 Å². The van der Waals surface area contributed by atoms with E-state index in [2.05, 4.69) is 65.3 Å². The molecule has 2 aromatic rings. The van der Waals surface area contributed by atoms with Gasteiger partial charge in [0.25, 0.3) is 0 Å². The molecule has 0 spiro atoms. The number of benzene rings is 1. The highest BCUT2D eigenvalue weighted by Crippen LogP contribution is 2.22. The number of hydrogen-bond acceptors (Lipinski definition) is 5. The maximum atomic E-state index is 4.16. The molecule has 5 nitrogen and oxygen atoms in total. The van der Waals surface area contributed by atoms with Gasteiger partial charge in [-0.25, -0.2) is 0 Å². The van der Waals surface area contributed by atoms with Crippen molar-refractivity contribution in [3.05, 3.63) is 65.5 Å². The van der Waals surface area contributed by atoms with Gasteiger partial charge in [-0.1, -0.05) is 163 Å². The first kappa shape index (κ1) is 74.8. The van der Waals surface area contributed by atoms with Crippen molar-refractivity contribution >= 4 is 0 Å². The molecule has 5 heteroatoms. The molecular formula is C41H97N5. The van der Waals surface area contributed by atoms with Crippen LogP contribution >= 0.6 is 0 Å². The van der Waals surface area contributed by atoms with Crippen LogP contribution in [0.25, 0.3) is 0 Å². The van der Waals surface area contributed by atoms with Crippen molar-refractivity contribution in [2.24, 2.45) is 5.92 Å². The predicted molar refractivity (Wildman–Crippen MR) is 227 cm³/mol. The molecule has 0 saturated heterocycles. The summed E-state index contributed by atoms with van der Waals surface area (Å²) in [5, 5.41) is 12.4. The Hall–Kier alpha value is -1.79. The second-order valence-corrected chi connectivity index (χ2v) is 8.32. The van der Waals surface area contributed by atoms with E-state index in [0.29, 0.717) is 0 Å². The summed E-state index contributed by atoms with van der Waals surface area (Å²) in [5.74, 6) is 0.955. The molecule has 2 unspecified atom stereocenters. The van der Waals surface area contributed by atoms with Gasteiger partial charge in [0.05, 0.1) is 0 Å². The Morgan fingerprint density at radius 1 is 0.630 bits per heavy atom. The third kappa shape index (κ3) is 57.8. The van der Waals surface area contributed by atoms with Crippen LogP contribution in [0.1, 0.15) is 156 Å². The molecule has 1 aromatic heterocycles. The highest BCUT2D eigenvalue weighted by molar-refractivity contribution is 5.14. The topological polar surface area (TPSA) is 61.0 Å². The minimum Gasteiger partial charge on any atom is -0.320 e. The summed E-state index contributed by atoms with van der Waals surface area (Å²) in [6.45, 7) is 25.3. The lowest BCUT2D eigenvalue weighted by Crippen LogP contribution is -2.30. The molecule has 0 aliphatic heterocycles. The predicted octanol–water partition coefficient (Wildman–Crippen LogP) is 12.4. The standard InChI is InChI=1S/C8H12N2.C8H17N.C8H11N.C3H9N.4C2H6.6CH4/c1-7-3-4-8(5-9-2)6-10-7;1-7-4-3-5-8(6-7)9-2;1-9-7-8-5-3-2-4-6-8;1-3-4-2;4*1-2;;;;;;/h3-4,6,9H,5H2,1-2H3;7-9H,3-6H2,1-2H3;2-6,9H,7H2,1H3;4H,3H2,1-2H3;4*1-2H3;6*1H4. The molecule has 1 fully saturated rings. The van der Waals surface area contributed by atoms with Crippen LogP contribution in [0.4, 0.5) is 0 Å². The molecule has 0 radical (unpaired) electrons. The second kappa shape index (κ2) is 69.8. The number of rotatable bonds is 6. The number of aromatic nitrogens is 1. The van der Waals surface area contributed by atoms with Crippen LogP contribution in [0, 0.1) is 12.8 Å². The highest BCUT2D eigenvalue weighted by Gasteiger charge is 2.16. The smallest absolute Gasteiger partial charge is 0.0372 e. The Balaban J connectivity index is -0.0000000360. The number of nitrogens with one attached hydrogen (secondary N) is 4. The quantitative estimate of drug-likeness (QED) is 0.249. The van der Waals surface area contributed by atoms with Gasteiger partial charge in [-0.2, -0.15) is 0 Å². The summed E-state index contributed by atoms with van der Waals surface area (Å²) < 4.78 is 0. The van der Waals surface area contributed by atoms with Crippen molar-refractivity contribution in [3.8, 4) is 0 Å². The number of hydrogen-bond donors (Lipinski definition) is 4. The van der Waals surface area contributed by atoms with E-state index in [0.717, 1.165) is 37.3 Å². The van der Waals surface area contributed by atoms with Gasteiger partial charge in [-0.3, -0.25) is 4.98 Å². The normalized spacial score (nSPS) is 12.3. The number of nitrogens with zero attached hydrogens (tertiary/aromatic N) is 1. The molecule has 1 saturated carbocycles. The first-order chi connectivity index (χ1) is 19.5. The van der Waals surface area contributed by atoms with Gasteiger partial charge in [0.2, 0.25) is 0 Å². The number of pyridine rings is 1. The molecule has 0 amide bonds. The van der Waals surface area contributed by atoms with Gasteiger partial charge in [0, 0.05) is 31.0 Å². The van der Waals surface area contributed by atoms with Crippen LogP contribution in [-0.2, 0) is 13.1 Å². The van der Waals surface area contributed by atoms with E-state index in [9.17, 15) is 0 Å². The molecule has 4 N–H and O–H groups in total. The SMILES string of the molecule is C.C.C.C.C.C.CC.CC.CC.CC.CCNC.CNC1CCCC(C)C1.CNCc1ccc(C)nc1.CNCc1ccccc1. The largest absolute Gasteiger partial charge is 0.320 e. The van der Waals surface area contributed by atoms with Crippen molar-refractivity contribution < 1.29 is 0 Å². The minimum atomic E-state index is 0. The van der Waals surface area contributed by atoms with Gasteiger partial charge >= 0.3 is 0 Å². The van der Waals surface area contributed by atoms with E-state index in [-0.39, 0.29) is 44.6 Å². The van der Waals surface area contributed by atoms with Gasteiger partial charge in [0.1, 0.15) is 0 Å². The van der Waals surface area contributed by atoms with Crippen LogP contribution < -0.4 is 21.3 Å². The average molecular weight is 660 g/mol. The van der Waals surface area contributed by atoms with Crippen LogP contribution in [-0.4, -0.2) is 45.8 Å². The van der Waals surface area contributed by atoms with Crippen molar-refractivity contribution in [1.82, 2.24) is 26.3 Å². The van der Waals surface area contributed by atoms with Crippen LogP contribution in [0.3, 0.4) is 0 Å². The summed E-state index contributed by atoms with van der Waals surface area (Å²) in [6, 6.07) is 15.3. The van der Waals surface area contributed by atoms with E-state index in [1.54, 1.807) is 0 Å². The zero-order chi connectivity index (χ0) is 32.0. The Kier molecular flexibility index (Phi) is 114. The van der Waals surface area contributed by atoms with E-state index in [1.165, 1.54) is 36.8 Å². The molecule has 1 aromatic carbocycles. The van der Waals surface area contributed by atoms with Gasteiger partial charge in [-0.15, -0.1) is 0 Å². The summed E-state index contributed by atoms with van der Waals surface area (Å²) in [7, 11) is 7.88. The zero-order valence-corrected chi connectivity index (χ0v) is 29.7. The lowest BCUT2D eigenvalue weighted by molar-refractivity contribution is 0.314. The lowest BCUT2D eigenvalue weighted by Gasteiger charge is -2.25. The average Bonchev–Trinajstić information content (AvgIpc) is 3.04. The minimum absolute atomic E-state index is 0. The fourth-order valence-corrected chi connectivity index (χ4v) is 3.30. The molecular weight excluding hydrogens is 562 g/mol. The first-order valence-electron chi connectivity index (χ1n) is 16.1. The van der Waals surface area contributed by atoms with E-state index < -0.39 is 0 Å². The third-order valence-corrected chi connectivity index (χ3v) is 5.28. The van der Waals surface area contributed by atoms with Crippen molar-refractivity contribution in [2.45, 2.75) is 166 Å². The molecule has 0 bridgehead atoms. The van der Waals surface area contributed by atoms with Crippen molar-refractivity contribution in [2.75, 3.05) is 34.7 Å². The van der Waals surface area contributed by atoms with Gasteiger partial charge in [0.15, 0.2) is 0 Å². The Bertz CT molecular complexity index is 631. The number of aryl methyl sites for hydroxylation is 1. The fourth-order valence-electron chi connectivity index (χ4n) is 3.30. The molecule has 1 heterocycles. The summed E-state index contributed by atoms with van der Waals surface area (Å²) in [6.07, 6.45) is 7.54. The zero-order valence-electron chi connectivity index (χ0n) is 29.7. The monoisotopic (exact) mass is 660 g/mol.